The summed E-state index contributed by atoms with van der Waals surface area (Å²) in [6.07, 6.45) is 2.45. The van der Waals surface area contributed by atoms with Crippen molar-refractivity contribution in [1.82, 2.24) is 10.2 Å². The minimum atomic E-state index is 0.788. The molecule has 2 heteroatoms. The molecule has 100 valence electrons. The number of fused-ring (bicyclic) bond motifs is 1. The summed E-state index contributed by atoms with van der Waals surface area (Å²) in [5.41, 5.74) is 4.61. The average molecular weight is 246 g/mol. The van der Waals surface area contributed by atoms with Gasteiger partial charge in [0.1, 0.15) is 0 Å². The zero-order valence-electron chi connectivity index (χ0n) is 12.0. The van der Waals surface area contributed by atoms with E-state index in [0.717, 1.165) is 25.6 Å². The fourth-order valence-corrected chi connectivity index (χ4v) is 2.78. The lowest BCUT2D eigenvalue weighted by Crippen LogP contribution is -2.28. The van der Waals surface area contributed by atoms with Gasteiger partial charge in [0, 0.05) is 19.6 Å². The van der Waals surface area contributed by atoms with Gasteiger partial charge in [0.2, 0.25) is 0 Å². The molecule has 2 rings (SSSR count). The van der Waals surface area contributed by atoms with Crippen LogP contribution < -0.4 is 5.32 Å². The van der Waals surface area contributed by atoms with Gasteiger partial charge in [-0.1, -0.05) is 38.5 Å². The molecule has 1 atom stereocenters. The largest absolute Gasteiger partial charge is 0.312 e. The number of nitrogens with zero attached hydrogens (tertiary/aromatic N) is 1. The third-order valence-electron chi connectivity index (χ3n) is 4.00. The van der Waals surface area contributed by atoms with Crippen LogP contribution in [-0.4, -0.2) is 25.0 Å². The predicted molar refractivity (Wildman–Crippen MR) is 77.6 cm³/mol. The van der Waals surface area contributed by atoms with Gasteiger partial charge in [0.05, 0.1) is 0 Å². The van der Waals surface area contributed by atoms with E-state index in [4.69, 9.17) is 0 Å². The highest BCUT2D eigenvalue weighted by molar-refractivity contribution is 5.36. The van der Waals surface area contributed by atoms with E-state index in [1.54, 1.807) is 5.56 Å². The van der Waals surface area contributed by atoms with Gasteiger partial charge >= 0.3 is 0 Å². The molecule has 1 N–H and O–H groups in total. The van der Waals surface area contributed by atoms with Crippen molar-refractivity contribution in [2.45, 2.75) is 39.8 Å². The molecule has 0 spiro atoms. The van der Waals surface area contributed by atoms with Gasteiger partial charge in [0.25, 0.3) is 0 Å². The number of benzene rings is 1. The van der Waals surface area contributed by atoms with Crippen LogP contribution >= 0.6 is 0 Å². The van der Waals surface area contributed by atoms with Crippen molar-refractivity contribution >= 4 is 0 Å². The quantitative estimate of drug-likeness (QED) is 0.859. The third-order valence-corrected chi connectivity index (χ3v) is 4.00. The molecule has 0 bridgehead atoms. The first-order chi connectivity index (χ1) is 8.70. The van der Waals surface area contributed by atoms with Gasteiger partial charge in [-0.15, -0.1) is 0 Å². The van der Waals surface area contributed by atoms with Crippen LogP contribution in [0.4, 0.5) is 0 Å². The molecule has 1 unspecified atom stereocenters. The average Bonchev–Trinajstić information content (AvgIpc) is 2.39. The summed E-state index contributed by atoms with van der Waals surface area (Å²) in [6, 6.07) is 6.77. The van der Waals surface area contributed by atoms with E-state index in [1.165, 1.54) is 30.5 Å². The lowest BCUT2D eigenvalue weighted by atomic mass is 9.95. The maximum absolute atomic E-state index is 3.45. The van der Waals surface area contributed by atoms with Crippen molar-refractivity contribution in [2.24, 2.45) is 5.92 Å². The minimum absolute atomic E-state index is 0.788. The maximum atomic E-state index is 3.45. The van der Waals surface area contributed by atoms with E-state index in [2.05, 4.69) is 49.3 Å². The molecule has 2 nitrogen and oxygen atoms in total. The molecule has 0 aliphatic carbocycles. The molecule has 0 saturated heterocycles. The van der Waals surface area contributed by atoms with Crippen LogP contribution in [-0.2, 0) is 19.5 Å². The molecule has 1 aromatic carbocycles. The van der Waals surface area contributed by atoms with Crippen LogP contribution in [0.15, 0.2) is 18.2 Å². The van der Waals surface area contributed by atoms with E-state index in [-0.39, 0.29) is 0 Å². The van der Waals surface area contributed by atoms with Crippen LogP contribution in [0.3, 0.4) is 0 Å². The summed E-state index contributed by atoms with van der Waals surface area (Å²) in [4.78, 5) is 2.46. The first kappa shape index (κ1) is 13.6. The highest BCUT2D eigenvalue weighted by Gasteiger charge is 2.14. The van der Waals surface area contributed by atoms with Gasteiger partial charge < -0.3 is 10.2 Å². The molecule has 0 fully saturated rings. The Bertz CT molecular complexity index is 387. The van der Waals surface area contributed by atoms with Gasteiger partial charge in [-0.25, -0.2) is 0 Å². The molecule has 1 aromatic rings. The molecule has 18 heavy (non-hydrogen) atoms. The van der Waals surface area contributed by atoms with Gasteiger partial charge in [-0.3, -0.25) is 0 Å². The Hall–Kier alpha value is -0.860. The van der Waals surface area contributed by atoms with Crippen LogP contribution in [0.25, 0.3) is 0 Å². The molecule has 0 saturated carbocycles. The monoisotopic (exact) mass is 246 g/mol. The zero-order chi connectivity index (χ0) is 13.0. The Balaban J connectivity index is 2.05. The second-order valence-electron chi connectivity index (χ2n) is 5.69. The Labute approximate surface area is 111 Å². The van der Waals surface area contributed by atoms with Crippen LogP contribution in [0.1, 0.15) is 37.0 Å². The highest BCUT2D eigenvalue weighted by atomic mass is 15.1. The molecule has 0 aromatic heterocycles. The maximum Gasteiger partial charge on any atom is 0.0233 e. The lowest BCUT2D eigenvalue weighted by molar-refractivity contribution is 0.274. The molecule has 1 aliphatic rings. The Morgan fingerprint density at radius 2 is 2.22 bits per heavy atom. The summed E-state index contributed by atoms with van der Waals surface area (Å²) in [6.45, 7) is 9.05. The van der Waals surface area contributed by atoms with Gasteiger partial charge in [-0.05, 0) is 42.6 Å². The van der Waals surface area contributed by atoms with E-state index in [1.807, 2.05) is 0 Å². The van der Waals surface area contributed by atoms with E-state index >= 15 is 0 Å². The van der Waals surface area contributed by atoms with Crippen LogP contribution in [0.2, 0.25) is 0 Å². The standard InChI is InChI=1S/C16H26N2/c1-4-13(2)11-18(3)12-15-7-5-6-14-10-17-9-8-16(14)15/h5-7,13,17H,4,8-12H2,1-3H3. The summed E-state index contributed by atoms with van der Waals surface area (Å²) in [5.74, 6) is 0.788. The number of rotatable bonds is 5. The molecular formula is C16H26N2. The number of hydrogen-bond acceptors (Lipinski definition) is 2. The highest BCUT2D eigenvalue weighted by Crippen LogP contribution is 2.20. The third kappa shape index (κ3) is 3.33. The Kier molecular flexibility index (Phi) is 4.79. The van der Waals surface area contributed by atoms with E-state index in [0.29, 0.717) is 0 Å². The van der Waals surface area contributed by atoms with E-state index < -0.39 is 0 Å². The number of nitrogens with one attached hydrogen (secondary N) is 1. The molecule has 1 aliphatic heterocycles. The zero-order valence-corrected chi connectivity index (χ0v) is 12.0. The molecule has 0 amide bonds. The minimum Gasteiger partial charge on any atom is -0.312 e. The van der Waals surface area contributed by atoms with Crippen molar-refractivity contribution in [3.05, 3.63) is 34.9 Å². The van der Waals surface area contributed by atoms with Gasteiger partial charge in [-0.2, -0.15) is 0 Å². The molecule has 0 radical (unpaired) electrons. The topological polar surface area (TPSA) is 15.3 Å². The second kappa shape index (κ2) is 6.35. The molecule has 1 heterocycles. The van der Waals surface area contributed by atoms with Gasteiger partial charge in [0.15, 0.2) is 0 Å². The predicted octanol–water partition coefficient (Wildman–Crippen LogP) is 2.81. The first-order valence-corrected chi connectivity index (χ1v) is 7.19. The Morgan fingerprint density at radius 3 is 3.00 bits per heavy atom. The fraction of sp³-hybridized carbons (Fsp3) is 0.625. The van der Waals surface area contributed by atoms with Crippen LogP contribution in [0, 0.1) is 5.92 Å². The summed E-state index contributed by atoms with van der Waals surface area (Å²) < 4.78 is 0. The summed E-state index contributed by atoms with van der Waals surface area (Å²) in [5, 5.41) is 3.45. The lowest BCUT2D eigenvalue weighted by Gasteiger charge is -2.25. The first-order valence-electron chi connectivity index (χ1n) is 7.19. The van der Waals surface area contributed by atoms with Crippen molar-refractivity contribution < 1.29 is 0 Å². The van der Waals surface area contributed by atoms with Crippen LogP contribution in [0.5, 0.6) is 0 Å². The normalized spacial score (nSPS) is 16.7. The van der Waals surface area contributed by atoms with Crippen molar-refractivity contribution in [3.63, 3.8) is 0 Å². The molecular weight excluding hydrogens is 220 g/mol. The van der Waals surface area contributed by atoms with Crippen molar-refractivity contribution in [1.29, 1.82) is 0 Å². The van der Waals surface area contributed by atoms with E-state index in [9.17, 15) is 0 Å². The fourth-order valence-electron chi connectivity index (χ4n) is 2.78. The van der Waals surface area contributed by atoms with Crippen molar-refractivity contribution in [2.75, 3.05) is 20.1 Å². The summed E-state index contributed by atoms with van der Waals surface area (Å²) in [7, 11) is 2.24. The Morgan fingerprint density at radius 1 is 1.39 bits per heavy atom. The summed E-state index contributed by atoms with van der Waals surface area (Å²) >= 11 is 0. The second-order valence-corrected chi connectivity index (χ2v) is 5.69. The van der Waals surface area contributed by atoms with Crippen molar-refractivity contribution in [3.8, 4) is 0 Å². The SMILES string of the molecule is CCC(C)CN(C)Cc1cccc2c1CCNC2. The smallest absolute Gasteiger partial charge is 0.0233 e. The number of hydrogen-bond donors (Lipinski definition) is 1.